The van der Waals surface area contributed by atoms with Crippen molar-refractivity contribution in [3.63, 3.8) is 0 Å². The second-order valence-corrected chi connectivity index (χ2v) is 14.5. The van der Waals surface area contributed by atoms with E-state index in [4.69, 9.17) is 0 Å². The molecule has 0 spiro atoms. The summed E-state index contributed by atoms with van der Waals surface area (Å²) in [6.07, 6.45) is 7.70. The Morgan fingerprint density at radius 1 is 0.414 bits per heavy atom. The predicted molar refractivity (Wildman–Crippen MR) is 247 cm³/mol. The first-order valence-corrected chi connectivity index (χ1v) is 19.2. The van der Waals surface area contributed by atoms with Crippen LogP contribution < -0.4 is 19.6 Å². The number of nitrogens with zero attached hydrogens (tertiary/aromatic N) is 5. The number of nitro benzene ring substituents is 1. The number of para-hydroxylation sites is 2. The van der Waals surface area contributed by atoms with Crippen LogP contribution in [0.4, 0.5) is 51.2 Å². The van der Waals surface area contributed by atoms with E-state index in [-0.39, 0.29) is 10.6 Å². The second-order valence-electron chi connectivity index (χ2n) is 14.5. The number of aryl methyl sites for hydroxylation is 1. The lowest BCUT2D eigenvalue weighted by atomic mass is 10.0. The Hall–Kier alpha value is -7.38. The van der Waals surface area contributed by atoms with Crippen LogP contribution in [-0.2, 0) is 0 Å². The van der Waals surface area contributed by atoms with Gasteiger partial charge in [-0.3, -0.25) is 10.1 Å². The van der Waals surface area contributed by atoms with Gasteiger partial charge >= 0.3 is 0 Å². The molecule has 7 rings (SSSR count). The standard InChI is InChI=1S/C51H47N5O2/c1-38-36-42(23-17-40-20-26-48(27-21-40)55(46-14-10-7-11-15-46)50-34-30-44(31-35-50)53(4)5)51(56(57)58)37-41(38)22-16-39-18-24-47(25-19-39)54(45-12-8-6-9-13-45)49-32-28-43(29-33-49)52(2)3/h6-37H,1-5H3/b22-16+,23-17+. The van der Waals surface area contributed by atoms with Crippen molar-refractivity contribution in [1.82, 2.24) is 0 Å². The first-order valence-electron chi connectivity index (χ1n) is 19.2. The summed E-state index contributed by atoms with van der Waals surface area (Å²) >= 11 is 0. The molecule has 0 N–H and O–H groups in total. The maximum absolute atomic E-state index is 12.3. The Morgan fingerprint density at radius 2 is 0.741 bits per heavy atom. The van der Waals surface area contributed by atoms with Crippen LogP contribution in [0.5, 0.6) is 0 Å². The van der Waals surface area contributed by atoms with Crippen LogP contribution in [0, 0.1) is 17.0 Å². The van der Waals surface area contributed by atoms with E-state index in [9.17, 15) is 10.1 Å². The highest BCUT2D eigenvalue weighted by Crippen LogP contribution is 2.37. The van der Waals surface area contributed by atoms with E-state index in [0.29, 0.717) is 5.56 Å². The molecule has 58 heavy (non-hydrogen) atoms. The third-order valence-electron chi connectivity index (χ3n) is 10.1. The number of rotatable bonds is 13. The highest BCUT2D eigenvalue weighted by molar-refractivity contribution is 5.82. The Bertz CT molecular complexity index is 2510. The van der Waals surface area contributed by atoms with Crippen molar-refractivity contribution in [1.29, 1.82) is 0 Å². The third kappa shape index (κ3) is 9.01. The Morgan fingerprint density at radius 3 is 1.10 bits per heavy atom. The smallest absolute Gasteiger partial charge is 0.277 e. The van der Waals surface area contributed by atoms with E-state index in [1.54, 1.807) is 6.07 Å². The van der Waals surface area contributed by atoms with Gasteiger partial charge in [0.1, 0.15) is 0 Å². The van der Waals surface area contributed by atoms with Crippen LogP contribution in [0.15, 0.2) is 170 Å². The zero-order valence-corrected chi connectivity index (χ0v) is 33.5. The Kier molecular flexibility index (Phi) is 11.8. The lowest BCUT2D eigenvalue weighted by molar-refractivity contribution is -0.385. The minimum absolute atomic E-state index is 0.0590. The molecular formula is C51H47N5O2. The highest BCUT2D eigenvalue weighted by atomic mass is 16.6. The van der Waals surface area contributed by atoms with E-state index in [1.807, 2.05) is 114 Å². The van der Waals surface area contributed by atoms with Gasteiger partial charge in [-0.05, 0) is 138 Å². The molecule has 0 bridgehead atoms. The molecule has 7 nitrogen and oxygen atoms in total. The topological polar surface area (TPSA) is 56.1 Å². The number of hydrogen-bond donors (Lipinski definition) is 0. The zero-order chi connectivity index (χ0) is 40.6. The van der Waals surface area contributed by atoms with Gasteiger partial charge in [0.2, 0.25) is 0 Å². The van der Waals surface area contributed by atoms with Crippen molar-refractivity contribution < 1.29 is 4.92 Å². The van der Waals surface area contributed by atoms with E-state index < -0.39 is 0 Å². The average Bonchev–Trinajstić information content (AvgIpc) is 3.24. The molecule has 7 heteroatoms. The second kappa shape index (κ2) is 17.6. The molecular weight excluding hydrogens is 715 g/mol. The first-order chi connectivity index (χ1) is 28.1. The molecule has 0 fully saturated rings. The van der Waals surface area contributed by atoms with Crippen molar-refractivity contribution >= 4 is 75.5 Å². The molecule has 288 valence electrons. The van der Waals surface area contributed by atoms with Gasteiger partial charge in [-0.25, -0.2) is 0 Å². The molecule has 0 unspecified atom stereocenters. The Labute approximate surface area is 341 Å². The van der Waals surface area contributed by atoms with E-state index >= 15 is 0 Å². The molecule has 7 aromatic rings. The van der Waals surface area contributed by atoms with Gasteiger partial charge in [-0.15, -0.1) is 0 Å². The van der Waals surface area contributed by atoms with Gasteiger partial charge in [-0.1, -0.05) is 78.9 Å². The number of hydrogen-bond acceptors (Lipinski definition) is 6. The normalized spacial score (nSPS) is 11.2. The molecule has 0 amide bonds. The monoisotopic (exact) mass is 761 g/mol. The number of nitro groups is 1. The lowest BCUT2D eigenvalue weighted by Crippen LogP contribution is -2.11. The quantitative estimate of drug-likeness (QED) is 0.0662. The van der Waals surface area contributed by atoms with Gasteiger partial charge < -0.3 is 19.6 Å². The van der Waals surface area contributed by atoms with Gasteiger partial charge in [0.25, 0.3) is 5.69 Å². The molecule has 0 saturated carbocycles. The van der Waals surface area contributed by atoms with Crippen molar-refractivity contribution in [3.8, 4) is 0 Å². The summed E-state index contributed by atoms with van der Waals surface area (Å²) in [4.78, 5) is 20.6. The summed E-state index contributed by atoms with van der Waals surface area (Å²) in [5.74, 6) is 0. The minimum Gasteiger partial charge on any atom is -0.378 e. The minimum atomic E-state index is -0.309. The summed E-state index contributed by atoms with van der Waals surface area (Å²) < 4.78 is 0. The summed E-state index contributed by atoms with van der Waals surface area (Å²) in [6.45, 7) is 1.99. The van der Waals surface area contributed by atoms with Crippen LogP contribution in [0.25, 0.3) is 24.3 Å². The summed E-state index contributed by atoms with van der Waals surface area (Å²) in [7, 11) is 8.14. The van der Waals surface area contributed by atoms with Gasteiger partial charge in [0.05, 0.1) is 10.5 Å². The molecule has 0 atom stereocenters. The Balaban J connectivity index is 1.10. The number of benzene rings is 7. The summed E-state index contributed by atoms with van der Waals surface area (Å²) in [5, 5.41) is 12.3. The third-order valence-corrected chi connectivity index (χ3v) is 10.1. The van der Waals surface area contributed by atoms with Gasteiger partial charge in [0.15, 0.2) is 0 Å². The molecule has 0 aliphatic carbocycles. The molecule has 7 aromatic carbocycles. The van der Waals surface area contributed by atoms with E-state index in [1.165, 1.54) is 0 Å². The van der Waals surface area contributed by atoms with Crippen LogP contribution in [0.2, 0.25) is 0 Å². The molecule has 0 aliphatic rings. The fraction of sp³-hybridized carbons (Fsp3) is 0.0980. The molecule has 0 radical (unpaired) electrons. The lowest BCUT2D eigenvalue weighted by Gasteiger charge is -2.26. The summed E-state index contributed by atoms with van der Waals surface area (Å²) in [6, 6.07) is 57.7. The first kappa shape index (κ1) is 38.9. The van der Waals surface area contributed by atoms with Crippen molar-refractivity contribution in [2.75, 3.05) is 47.8 Å². The SMILES string of the molecule is Cc1cc(/C=C/c2ccc(N(c3ccccc3)c3ccc(N(C)C)cc3)cc2)c([N+](=O)[O-])cc1/C=C/c1ccc(N(c2ccccc2)c2ccc(N(C)C)cc2)cc1. The molecule has 0 aromatic heterocycles. The van der Waals surface area contributed by atoms with Crippen molar-refractivity contribution in [2.45, 2.75) is 6.92 Å². The van der Waals surface area contributed by atoms with Crippen LogP contribution in [-0.4, -0.2) is 33.1 Å². The van der Waals surface area contributed by atoms with Crippen LogP contribution >= 0.6 is 0 Å². The van der Waals surface area contributed by atoms with Gasteiger partial charge in [0, 0.05) is 79.8 Å². The largest absolute Gasteiger partial charge is 0.378 e. The fourth-order valence-corrected chi connectivity index (χ4v) is 6.90. The highest BCUT2D eigenvalue weighted by Gasteiger charge is 2.16. The molecule has 0 saturated heterocycles. The molecule has 0 heterocycles. The van der Waals surface area contributed by atoms with Gasteiger partial charge in [-0.2, -0.15) is 0 Å². The van der Waals surface area contributed by atoms with E-state index in [0.717, 1.165) is 67.8 Å². The van der Waals surface area contributed by atoms with Crippen LogP contribution in [0.1, 0.15) is 27.8 Å². The maximum Gasteiger partial charge on any atom is 0.277 e. The average molecular weight is 762 g/mol. The number of anilines is 8. The maximum atomic E-state index is 12.3. The van der Waals surface area contributed by atoms with Crippen molar-refractivity contribution in [2.24, 2.45) is 0 Å². The zero-order valence-electron chi connectivity index (χ0n) is 33.5. The van der Waals surface area contributed by atoms with E-state index in [2.05, 4.69) is 129 Å². The van der Waals surface area contributed by atoms with Crippen LogP contribution in [0.3, 0.4) is 0 Å². The fourth-order valence-electron chi connectivity index (χ4n) is 6.90. The summed E-state index contributed by atoms with van der Waals surface area (Å²) in [5.41, 5.74) is 12.8. The van der Waals surface area contributed by atoms with Crippen molar-refractivity contribution in [3.05, 3.63) is 208 Å². The molecule has 0 aliphatic heterocycles. The predicted octanol–water partition coefficient (Wildman–Crippen LogP) is 13.3.